The molecule has 1 aliphatic rings. The van der Waals surface area contributed by atoms with Gasteiger partial charge in [0.05, 0.1) is 4.92 Å². The fourth-order valence-electron chi connectivity index (χ4n) is 2.75. The highest BCUT2D eigenvalue weighted by atomic mass is 32.2. The van der Waals surface area contributed by atoms with Crippen LogP contribution in [0.2, 0.25) is 0 Å². The van der Waals surface area contributed by atoms with Crippen LogP contribution in [0.1, 0.15) is 12.8 Å². The van der Waals surface area contributed by atoms with Crippen LogP contribution in [-0.2, 0) is 10.0 Å². The molecule has 0 aliphatic carbocycles. The lowest BCUT2D eigenvalue weighted by molar-refractivity contribution is -0.384. The molecule has 1 fully saturated rings. The van der Waals surface area contributed by atoms with E-state index in [1.165, 1.54) is 21.7 Å². The number of nitrogens with one attached hydrogen (secondary N) is 1. The summed E-state index contributed by atoms with van der Waals surface area (Å²) in [7, 11) is -3.42. The number of nitro groups is 1. The van der Waals surface area contributed by atoms with Crippen molar-refractivity contribution in [3.8, 4) is 0 Å². The molecule has 2 aromatic rings. The summed E-state index contributed by atoms with van der Waals surface area (Å²) < 4.78 is 26.8. The molecule has 24 heavy (non-hydrogen) atoms. The van der Waals surface area contributed by atoms with E-state index in [2.05, 4.69) is 5.32 Å². The van der Waals surface area contributed by atoms with Crippen molar-refractivity contribution in [2.24, 2.45) is 0 Å². The van der Waals surface area contributed by atoms with Crippen molar-refractivity contribution < 1.29 is 13.3 Å². The minimum Gasteiger partial charge on any atom is -0.377 e. The predicted molar refractivity (Wildman–Crippen MR) is 92.8 cm³/mol. The maximum Gasteiger partial charge on any atom is 0.292 e. The highest BCUT2D eigenvalue weighted by Gasteiger charge is 2.30. The van der Waals surface area contributed by atoms with Crippen molar-refractivity contribution in [2.45, 2.75) is 23.1 Å². The zero-order valence-corrected chi connectivity index (χ0v) is 14.4. The number of thiophene rings is 1. The van der Waals surface area contributed by atoms with Gasteiger partial charge < -0.3 is 5.32 Å². The molecule has 0 atom stereocenters. The van der Waals surface area contributed by atoms with Gasteiger partial charge in [-0.2, -0.15) is 4.31 Å². The molecule has 1 aliphatic heterocycles. The minimum absolute atomic E-state index is 0.0147. The Morgan fingerprint density at radius 2 is 1.88 bits per heavy atom. The van der Waals surface area contributed by atoms with E-state index in [1.54, 1.807) is 35.7 Å². The number of nitrogens with zero attached hydrogens (tertiary/aromatic N) is 2. The third kappa shape index (κ3) is 3.42. The molecule has 1 saturated heterocycles. The highest BCUT2D eigenvalue weighted by molar-refractivity contribution is 7.91. The number of rotatable bonds is 5. The fraction of sp³-hybridized carbons (Fsp3) is 0.333. The second-order valence-corrected chi connectivity index (χ2v) is 8.64. The molecular formula is C15H17N3O4S2. The zero-order valence-electron chi connectivity index (χ0n) is 12.8. The number of piperidine rings is 1. The van der Waals surface area contributed by atoms with E-state index < -0.39 is 14.9 Å². The van der Waals surface area contributed by atoms with Crippen molar-refractivity contribution in [3.05, 3.63) is 51.9 Å². The Labute approximate surface area is 144 Å². The lowest BCUT2D eigenvalue weighted by Crippen LogP contribution is -2.42. The fourth-order valence-corrected chi connectivity index (χ4v) is 5.37. The first kappa shape index (κ1) is 16.9. The van der Waals surface area contributed by atoms with E-state index in [-0.39, 0.29) is 11.7 Å². The molecule has 1 aromatic heterocycles. The Hall–Kier alpha value is -1.97. The number of nitro benzene ring substituents is 1. The summed E-state index contributed by atoms with van der Waals surface area (Å²) in [5.41, 5.74) is 0.508. The molecule has 3 rings (SSSR count). The molecule has 0 bridgehead atoms. The van der Waals surface area contributed by atoms with E-state index in [0.717, 1.165) is 0 Å². The number of benzene rings is 1. The van der Waals surface area contributed by atoms with Gasteiger partial charge in [-0.1, -0.05) is 18.2 Å². The predicted octanol–water partition coefficient (Wildman–Crippen LogP) is 2.92. The third-order valence-electron chi connectivity index (χ3n) is 4.00. The molecule has 9 heteroatoms. The van der Waals surface area contributed by atoms with Gasteiger partial charge in [-0.15, -0.1) is 11.3 Å². The molecule has 1 N–H and O–H groups in total. The lowest BCUT2D eigenvalue weighted by atomic mass is 10.1. The third-order valence-corrected chi connectivity index (χ3v) is 7.28. The van der Waals surface area contributed by atoms with Crippen LogP contribution in [0.15, 0.2) is 46.0 Å². The summed E-state index contributed by atoms with van der Waals surface area (Å²) in [5, 5.41) is 16.0. The Balaban J connectivity index is 1.65. The number of para-hydroxylation sites is 2. The van der Waals surface area contributed by atoms with Gasteiger partial charge in [-0.05, 0) is 30.4 Å². The normalized spacial score (nSPS) is 16.8. The largest absolute Gasteiger partial charge is 0.377 e. The van der Waals surface area contributed by atoms with Crippen LogP contribution in [0, 0.1) is 10.1 Å². The summed E-state index contributed by atoms with van der Waals surface area (Å²) in [6, 6.07) is 9.84. The van der Waals surface area contributed by atoms with Gasteiger partial charge in [-0.3, -0.25) is 10.1 Å². The zero-order chi connectivity index (χ0) is 17.2. The number of hydrogen-bond acceptors (Lipinski definition) is 6. The number of hydrogen-bond donors (Lipinski definition) is 1. The molecule has 0 saturated carbocycles. The SMILES string of the molecule is O=[N+]([O-])c1ccccc1NC1CCN(S(=O)(=O)c2cccs2)CC1. The first-order chi connectivity index (χ1) is 11.5. The van der Waals surface area contributed by atoms with Crippen LogP contribution in [0.5, 0.6) is 0 Å². The molecule has 0 radical (unpaired) electrons. The highest BCUT2D eigenvalue weighted by Crippen LogP contribution is 2.28. The summed E-state index contributed by atoms with van der Waals surface area (Å²) in [6.07, 6.45) is 1.22. The van der Waals surface area contributed by atoms with Gasteiger partial charge >= 0.3 is 0 Å². The van der Waals surface area contributed by atoms with Gasteiger partial charge in [-0.25, -0.2) is 8.42 Å². The van der Waals surface area contributed by atoms with Gasteiger partial charge in [0, 0.05) is 25.2 Å². The summed E-state index contributed by atoms with van der Waals surface area (Å²) >= 11 is 1.21. The van der Waals surface area contributed by atoms with Gasteiger partial charge in [0.2, 0.25) is 0 Å². The van der Waals surface area contributed by atoms with Crippen molar-refractivity contribution in [3.63, 3.8) is 0 Å². The Kier molecular flexibility index (Phi) is 4.83. The van der Waals surface area contributed by atoms with Crippen molar-refractivity contribution >= 4 is 32.7 Å². The molecular weight excluding hydrogens is 350 g/mol. The average Bonchev–Trinajstić information content (AvgIpc) is 3.11. The number of sulfonamides is 1. The maximum absolute atomic E-state index is 12.5. The summed E-state index contributed by atoms with van der Waals surface area (Å²) in [4.78, 5) is 10.6. The average molecular weight is 367 g/mol. The smallest absolute Gasteiger partial charge is 0.292 e. The molecule has 0 amide bonds. The molecule has 7 nitrogen and oxygen atoms in total. The second-order valence-electron chi connectivity index (χ2n) is 5.53. The molecule has 0 unspecified atom stereocenters. The second kappa shape index (κ2) is 6.88. The van der Waals surface area contributed by atoms with Crippen molar-refractivity contribution in [1.29, 1.82) is 0 Å². The van der Waals surface area contributed by atoms with Crippen LogP contribution in [0.25, 0.3) is 0 Å². The monoisotopic (exact) mass is 367 g/mol. The Morgan fingerprint density at radius 1 is 1.17 bits per heavy atom. The van der Waals surface area contributed by atoms with Crippen LogP contribution >= 0.6 is 11.3 Å². The molecule has 1 aromatic carbocycles. The van der Waals surface area contributed by atoms with Crippen LogP contribution in [0.4, 0.5) is 11.4 Å². The minimum atomic E-state index is -3.42. The Bertz CT molecular complexity index is 813. The van der Waals surface area contributed by atoms with E-state index in [0.29, 0.717) is 35.8 Å². The van der Waals surface area contributed by atoms with E-state index in [9.17, 15) is 18.5 Å². The quantitative estimate of drug-likeness (QED) is 0.648. The standard InChI is InChI=1S/C15H17N3O4S2/c19-18(20)14-5-2-1-4-13(14)16-12-7-9-17(10-8-12)24(21,22)15-6-3-11-23-15/h1-6,11-12,16H,7-10H2. The number of anilines is 1. The molecule has 2 heterocycles. The molecule has 128 valence electrons. The first-order valence-electron chi connectivity index (χ1n) is 7.52. The summed E-state index contributed by atoms with van der Waals surface area (Å²) in [5.74, 6) is 0. The maximum atomic E-state index is 12.5. The van der Waals surface area contributed by atoms with Gasteiger partial charge in [0.15, 0.2) is 0 Å². The van der Waals surface area contributed by atoms with E-state index in [1.807, 2.05) is 0 Å². The summed E-state index contributed by atoms with van der Waals surface area (Å²) in [6.45, 7) is 0.803. The first-order valence-corrected chi connectivity index (χ1v) is 9.84. The lowest BCUT2D eigenvalue weighted by Gasteiger charge is -2.31. The topological polar surface area (TPSA) is 92.6 Å². The van der Waals surface area contributed by atoms with Crippen molar-refractivity contribution in [1.82, 2.24) is 4.31 Å². The van der Waals surface area contributed by atoms with Crippen molar-refractivity contribution in [2.75, 3.05) is 18.4 Å². The van der Waals surface area contributed by atoms with Gasteiger partial charge in [0.1, 0.15) is 9.90 Å². The van der Waals surface area contributed by atoms with Gasteiger partial charge in [0.25, 0.3) is 15.7 Å². The Morgan fingerprint density at radius 3 is 2.50 bits per heavy atom. The molecule has 0 spiro atoms. The van der Waals surface area contributed by atoms with E-state index >= 15 is 0 Å². The van der Waals surface area contributed by atoms with Crippen LogP contribution in [-0.4, -0.2) is 36.8 Å². The van der Waals surface area contributed by atoms with Crippen LogP contribution < -0.4 is 5.32 Å². The van der Waals surface area contributed by atoms with E-state index in [4.69, 9.17) is 0 Å². The van der Waals surface area contributed by atoms with Crippen LogP contribution in [0.3, 0.4) is 0 Å².